The summed E-state index contributed by atoms with van der Waals surface area (Å²) in [5, 5.41) is 12.1. The second kappa shape index (κ2) is 9.08. The van der Waals surface area contributed by atoms with E-state index in [1.807, 2.05) is 71.6 Å². The zero-order chi connectivity index (χ0) is 22.7. The molecule has 2 aromatic carbocycles. The molecule has 1 amide bonds. The first kappa shape index (κ1) is 21.2. The SMILES string of the molecule is O=C(Nc1ccc(Oc2ccc(-n3cccc3)nn2)cc1)C1(c2ccc(Cl)cc2)CCCC1. The number of hydrogen-bond donors (Lipinski definition) is 1. The van der Waals surface area contributed by atoms with Crippen LogP contribution in [-0.2, 0) is 10.2 Å². The van der Waals surface area contributed by atoms with E-state index in [9.17, 15) is 4.79 Å². The maximum atomic E-state index is 13.3. The molecule has 1 aliphatic rings. The Balaban J connectivity index is 1.26. The van der Waals surface area contributed by atoms with Crippen LogP contribution in [0.3, 0.4) is 0 Å². The summed E-state index contributed by atoms with van der Waals surface area (Å²) in [5.74, 6) is 1.74. The minimum Gasteiger partial charge on any atom is -0.438 e. The highest BCUT2D eigenvalue weighted by Crippen LogP contribution is 2.42. The largest absolute Gasteiger partial charge is 0.438 e. The number of ether oxygens (including phenoxy) is 1. The van der Waals surface area contributed by atoms with Gasteiger partial charge in [-0.2, -0.15) is 0 Å². The number of nitrogens with zero attached hydrogens (tertiary/aromatic N) is 3. The molecule has 5 rings (SSSR count). The van der Waals surface area contributed by atoms with E-state index >= 15 is 0 Å². The number of halogens is 1. The summed E-state index contributed by atoms with van der Waals surface area (Å²) in [4.78, 5) is 13.3. The lowest BCUT2D eigenvalue weighted by atomic mass is 9.78. The Morgan fingerprint density at radius 3 is 2.24 bits per heavy atom. The third-order valence-corrected chi connectivity index (χ3v) is 6.37. The molecule has 0 bridgehead atoms. The predicted molar refractivity (Wildman–Crippen MR) is 128 cm³/mol. The van der Waals surface area contributed by atoms with Gasteiger partial charge in [0.15, 0.2) is 5.82 Å². The van der Waals surface area contributed by atoms with Crippen molar-refractivity contribution in [2.24, 2.45) is 0 Å². The minimum atomic E-state index is -0.517. The highest BCUT2D eigenvalue weighted by molar-refractivity contribution is 6.30. The Labute approximate surface area is 197 Å². The topological polar surface area (TPSA) is 69.0 Å². The van der Waals surface area contributed by atoms with Gasteiger partial charge in [0.1, 0.15) is 5.75 Å². The monoisotopic (exact) mass is 458 g/mol. The second-order valence-electron chi connectivity index (χ2n) is 8.20. The highest BCUT2D eigenvalue weighted by Gasteiger charge is 2.42. The van der Waals surface area contributed by atoms with Gasteiger partial charge in [0.25, 0.3) is 0 Å². The van der Waals surface area contributed by atoms with E-state index in [4.69, 9.17) is 16.3 Å². The predicted octanol–water partition coefficient (Wildman–Crippen LogP) is 6.16. The van der Waals surface area contributed by atoms with E-state index in [2.05, 4.69) is 15.5 Å². The first-order valence-corrected chi connectivity index (χ1v) is 11.3. The molecule has 0 aliphatic heterocycles. The van der Waals surface area contributed by atoms with Gasteiger partial charge in [-0.25, -0.2) is 0 Å². The maximum absolute atomic E-state index is 13.3. The molecule has 6 nitrogen and oxygen atoms in total. The van der Waals surface area contributed by atoms with Crippen LogP contribution in [0.4, 0.5) is 5.69 Å². The Kier molecular flexibility index (Phi) is 5.84. The summed E-state index contributed by atoms with van der Waals surface area (Å²) in [6.07, 6.45) is 7.54. The lowest BCUT2D eigenvalue weighted by Crippen LogP contribution is -2.37. The molecular formula is C26H23ClN4O2. The summed E-state index contributed by atoms with van der Waals surface area (Å²) in [6.45, 7) is 0. The Bertz CT molecular complexity index is 1220. The molecule has 0 atom stereocenters. The fourth-order valence-corrected chi connectivity index (χ4v) is 4.49. The van der Waals surface area contributed by atoms with Crippen molar-refractivity contribution in [3.63, 3.8) is 0 Å². The Morgan fingerprint density at radius 1 is 0.909 bits per heavy atom. The number of anilines is 1. The number of hydrogen-bond acceptors (Lipinski definition) is 4. The van der Waals surface area contributed by atoms with Crippen LogP contribution in [-0.4, -0.2) is 20.7 Å². The Morgan fingerprint density at radius 2 is 1.61 bits per heavy atom. The minimum absolute atomic E-state index is 0.0162. The zero-order valence-electron chi connectivity index (χ0n) is 17.9. The van der Waals surface area contributed by atoms with Crippen molar-refractivity contribution in [1.29, 1.82) is 0 Å². The average Bonchev–Trinajstić information content (AvgIpc) is 3.55. The van der Waals surface area contributed by atoms with E-state index in [1.165, 1.54) is 0 Å². The number of carbonyl (C=O) groups excluding carboxylic acids is 1. The fourth-order valence-electron chi connectivity index (χ4n) is 4.36. The molecule has 1 N–H and O–H groups in total. The molecule has 33 heavy (non-hydrogen) atoms. The first-order valence-electron chi connectivity index (χ1n) is 10.9. The van der Waals surface area contributed by atoms with Crippen molar-refractivity contribution in [3.05, 3.63) is 95.8 Å². The van der Waals surface area contributed by atoms with Crippen LogP contribution in [0.2, 0.25) is 5.02 Å². The molecule has 0 unspecified atom stereocenters. The van der Waals surface area contributed by atoms with Gasteiger partial charge in [-0.1, -0.05) is 36.6 Å². The van der Waals surface area contributed by atoms with E-state index in [1.54, 1.807) is 18.2 Å². The standard InChI is InChI=1S/C26H23ClN4O2/c27-20-7-5-19(6-8-20)26(15-1-2-16-26)25(32)28-21-9-11-22(12-10-21)33-24-14-13-23(29-30-24)31-17-3-4-18-31/h3-14,17-18H,1-2,15-16H2,(H,28,32). The molecule has 0 spiro atoms. The lowest BCUT2D eigenvalue weighted by molar-refractivity contribution is -0.121. The number of nitrogens with one attached hydrogen (secondary N) is 1. The van der Waals surface area contributed by atoms with Gasteiger partial charge in [0.05, 0.1) is 5.41 Å². The molecule has 1 saturated carbocycles. The summed E-state index contributed by atoms with van der Waals surface area (Å²) in [7, 11) is 0. The van der Waals surface area contributed by atoms with Crippen molar-refractivity contribution in [2.45, 2.75) is 31.1 Å². The van der Waals surface area contributed by atoms with Crippen LogP contribution >= 0.6 is 11.6 Å². The molecular weight excluding hydrogens is 436 g/mol. The summed E-state index contributed by atoms with van der Waals surface area (Å²) >= 11 is 6.06. The number of benzene rings is 2. The van der Waals surface area contributed by atoms with E-state index in [0.717, 1.165) is 36.9 Å². The van der Waals surface area contributed by atoms with Gasteiger partial charge in [-0.3, -0.25) is 4.79 Å². The van der Waals surface area contributed by atoms with Crippen molar-refractivity contribution in [3.8, 4) is 17.4 Å². The number of rotatable bonds is 6. The summed E-state index contributed by atoms with van der Waals surface area (Å²) in [5.41, 5.74) is 1.22. The summed E-state index contributed by atoms with van der Waals surface area (Å²) in [6, 6.07) is 22.4. The molecule has 1 fully saturated rings. The maximum Gasteiger partial charge on any atom is 0.238 e. The molecule has 0 saturated heterocycles. The van der Waals surface area contributed by atoms with Gasteiger partial charge in [-0.05, 0) is 73.0 Å². The zero-order valence-corrected chi connectivity index (χ0v) is 18.7. The lowest BCUT2D eigenvalue weighted by Gasteiger charge is -2.28. The third-order valence-electron chi connectivity index (χ3n) is 6.12. The van der Waals surface area contributed by atoms with Gasteiger partial charge in [-0.15, -0.1) is 10.2 Å². The molecule has 0 radical (unpaired) electrons. The van der Waals surface area contributed by atoms with Gasteiger partial charge < -0.3 is 14.6 Å². The summed E-state index contributed by atoms with van der Waals surface area (Å²) < 4.78 is 7.67. The highest BCUT2D eigenvalue weighted by atomic mass is 35.5. The van der Waals surface area contributed by atoms with Crippen LogP contribution in [0.15, 0.2) is 85.2 Å². The average molecular weight is 459 g/mol. The molecule has 166 valence electrons. The quantitative estimate of drug-likeness (QED) is 0.375. The van der Waals surface area contributed by atoms with E-state index in [-0.39, 0.29) is 5.91 Å². The fraction of sp³-hybridized carbons (Fsp3) is 0.192. The van der Waals surface area contributed by atoms with Crippen molar-refractivity contribution in [2.75, 3.05) is 5.32 Å². The van der Waals surface area contributed by atoms with E-state index < -0.39 is 5.41 Å². The van der Waals surface area contributed by atoms with Gasteiger partial charge in [0.2, 0.25) is 11.8 Å². The van der Waals surface area contributed by atoms with Crippen molar-refractivity contribution >= 4 is 23.2 Å². The molecule has 2 heterocycles. The van der Waals surface area contributed by atoms with Gasteiger partial charge >= 0.3 is 0 Å². The smallest absolute Gasteiger partial charge is 0.238 e. The Hall–Kier alpha value is -3.64. The number of carbonyl (C=O) groups is 1. The van der Waals surface area contributed by atoms with Gasteiger partial charge in [0, 0.05) is 29.2 Å². The number of amides is 1. The second-order valence-corrected chi connectivity index (χ2v) is 8.63. The first-order chi connectivity index (χ1) is 16.1. The van der Waals surface area contributed by atoms with Crippen LogP contribution in [0.25, 0.3) is 5.82 Å². The molecule has 2 aromatic heterocycles. The van der Waals surface area contributed by atoms with E-state index in [0.29, 0.717) is 22.5 Å². The number of aromatic nitrogens is 3. The normalized spacial score (nSPS) is 14.7. The van der Waals surface area contributed by atoms with Crippen LogP contribution in [0.1, 0.15) is 31.2 Å². The third kappa shape index (κ3) is 4.47. The van der Waals surface area contributed by atoms with Crippen molar-refractivity contribution in [1.82, 2.24) is 14.8 Å². The van der Waals surface area contributed by atoms with Crippen molar-refractivity contribution < 1.29 is 9.53 Å². The molecule has 7 heteroatoms. The van der Waals surface area contributed by atoms with Crippen LogP contribution in [0, 0.1) is 0 Å². The van der Waals surface area contributed by atoms with Crippen LogP contribution in [0.5, 0.6) is 11.6 Å². The van der Waals surface area contributed by atoms with Crippen LogP contribution < -0.4 is 10.1 Å². The molecule has 4 aromatic rings. The molecule has 1 aliphatic carbocycles.